The third-order valence-electron chi connectivity index (χ3n) is 4.91. The number of anilines is 1. The van der Waals surface area contributed by atoms with Crippen LogP contribution in [-0.4, -0.2) is 70.5 Å². The van der Waals surface area contributed by atoms with Gasteiger partial charge in [-0.05, 0) is 25.1 Å². The van der Waals surface area contributed by atoms with Crippen molar-refractivity contribution in [3.63, 3.8) is 0 Å². The number of piperazine rings is 1. The number of amides is 1. The Bertz CT molecular complexity index is 1000. The highest BCUT2D eigenvalue weighted by Gasteiger charge is 2.23. The molecule has 1 fully saturated rings. The highest BCUT2D eigenvalue weighted by molar-refractivity contribution is 5.78. The fourth-order valence-corrected chi connectivity index (χ4v) is 3.33. The van der Waals surface area contributed by atoms with Crippen molar-refractivity contribution in [1.29, 1.82) is 0 Å². The average Bonchev–Trinajstić information content (AvgIpc) is 3.32. The molecule has 3 heterocycles. The van der Waals surface area contributed by atoms with Crippen molar-refractivity contribution in [2.75, 3.05) is 44.8 Å². The van der Waals surface area contributed by atoms with Crippen LogP contribution in [0.2, 0.25) is 0 Å². The van der Waals surface area contributed by atoms with E-state index in [2.05, 4.69) is 20.0 Å². The number of nitrogens with zero attached hydrogens (tertiary/aromatic N) is 6. The summed E-state index contributed by atoms with van der Waals surface area (Å²) in [4.78, 5) is 25.5. The number of aryl methyl sites for hydroxylation is 1. The van der Waals surface area contributed by atoms with E-state index in [0.29, 0.717) is 43.5 Å². The van der Waals surface area contributed by atoms with Gasteiger partial charge in [-0.3, -0.25) is 4.79 Å². The molecule has 0 N–H and O–H groups in total. The molecule has 0 saturated carbocycles. The van der Waals surface area contributed by atoms with Gasteiger partial charge in [-0.1, -0.05) is 6.07 Å². The fourth-order valence-electron chi connectivity index (χ4n) is 3.33. The number of carbonyl (C=O) groups is 1. The van der Waals surface area contributed by atoms with Gasteiger partial charge >= 0.3 is 0 Å². The molecule has 0 bridgehead atoms. The lowest BCUT2D eigenvalue weighted by molar-refractivity contribution is -0.133. The number of ether oxygens (including phenoxy) is 2. The molecule has 9 heteroatoms. The number of methoxy groups -OCH3 is 1. The van der Waals surface area contributed by atoms with E-state index in [4.69, 9.17) is 9.47 Å². The molecule has 0 unspecified atom stereocenters. The van der Waals surface area contributed by atoms with E-state index in [9.17, 15) is 4.79 Å². The van der Waals surface area contributed by atoms with Gasteiger partial charge in [0, 0.05) is 50.7 Å². The van der Waals surface area contributed by atoms with Crippen LogP contribution in [0.1, 0.15) is 5.82 Å². The van der Waals surface area contributed by atoms with Gasteiger partial charge in [0.1, 0.15) is 23.1 Å². The van der Waals surface area contributed by atoms with Crippen molar-refractivity contribution in [2.45, 2.75) is 6.92 Å². The minimum absolute atomic E-state index is 0.00320. The zero-order valence-electron chi connectivity index (χ0n) is 17.1. The topological polar surface area (TPSA) is 85.6 Å². The van der Waals surface area contributed by atoms with Crippen LogP contribution in [-0.2, 0) is 4.79 Å². The molecule has 0 atom stereocenters. The first-order valence-corrected chi connectivity index (χ1v) is 9.77. The van der Waals surface area contributed by atoms with E-state index in [1.165, 1.54) is 0 Å². The summed E-state index contributed by atoms with van der Waals surface area (Å²) in [6.45, 7) is 4.48. The zero-order valence-corrected chi connectivity index (χ0v) is 17.1. The lowest BCUT2D eigenvalue weighted by Gasteiger charge is -2.35. The van der Waals surface area contributed by atoms with Gasteiger partial charge in [0.15, 0.2) is 12.4 Å². The van der Waals surface area contributed by atoms with Crippen molar-refractivity contribution in [2.24, 2.45) is 0 Å². The second-order valence-corrected chi connectivity index (χ2v) is 6.92. The van der Waals surface area contributed by atoms with E-state index in [0.717, 1.165) is 11.6 Å². The number of hydrogen-bond donors (Lipinski definition) is 0. The number of aromatic nitrogens is 4. The Labute approximate surface area is 174 Å². The largest absolute Gasteiger partial charge is 0.497 e. The second-order valence-electron chi connectivity index (χ2n) is 6.92. The van der Waals surface area contributed by atoms with E-state index < -0.39 is 0 Å². The van der Waals surface area contributed by atoms with Gasteiger partial charge in [0.05, 0.1) is 7.11 Å². The second kappa shape index (κ2) is 8.81. The maximum atomic E-state index is 12.5. The van der Waals surface area contributed by atoms with Crippen LogP contribution in [0, 0.1) is 6.92 Å². The van der Waals surface area contributed by atoms with Crippen LogP contribution in [0.25, 0.3) is 5.82 Å². The third-order valence-corrected chi connectivity index (χ3v) is 4.91. The van der Waals surface area contributed by atoms with E-state index in [1.807, 2.05) is 48.4 Å². The van der Waals surface area contributed by atoms with E-state index in [1.54, 1.807) is 24.1 Å². The molecular formula is C21H24N6O3. The van der Waals surface area contributed by atoms with E-state index >= 15 is 0 Å². The average molecular weight is 408 g/mol. The summed E-state index contributed by atoms with van der Waals surface area (Å²) in [5.74, 6) is 3.53. The number of hydrogen-bond acceptors (Lipinski definition) is 7. The number of rotatable bonds is 6. The molecule has 2 aromatic heterocycles. The Morgan fingerprint density at radius 2 is 1.80 bits per heavy atom. The Morgan fingerprint density at radius 1 is 1.03 bits per heavy atom. The Kier molecular flexibility index (Phi) is 5.78. The first-order valence-electron chi connectivity index (χ1n) is 9.77. The quantitative estimate of drug-likeness (QED) is 0.614. The van der Waals surface area contributed by atoms with Crippen molar-refractivity contribution in [1.82, 2.24) is 24.6 Å². The summed E-state index contributed by atoms with van der Waals surface area (Å²) in [6.07, 6.45) is 3.57. The van der Waals surface area contributed by atoms with E-state index in [-0.39, 0.29) is 12.5 Å². The van der Waals surface area contributed by atoms with Gasteiger partial charge < -0.3 is 19.3 Å². The summed E-state index contributed by atoms with van der Waals surface area (Å²) >= 11 is 0. The highest BCUT2D eigenvalue weighted by atomic mass is 16.5. The van der Waals surface area contributed by atoms with Gasteiger partial charge in [0.2, 0.25) is 0 Å². The Morgan fingerprint density at radius 3 is 2.53 bits per heavy atom. The first kappa shape index (κ1) is 19.7. The minimum atomic E-state index is -0.0337. The molecule has 9 nitrogen and oxygen atoms in total. The smallest absolute Gasteiger partial charge is 0.260 e. The fraction of sp³-hybridized carbons (Fsp3) is 0.333. The third kappa shape index (κ3) is 4.51. The molecule has 1 aliphatic rings. The lowest BCUT2D eigenvalue weighted by atomic mass is 10.3. The number of benzene rings is 1. The lowest BCUT2D eigenvalue weighted by Crippen LogP contribution is -2.50. The molecule has 1 aromatic carbocycles. The first-order chi connectivity index (χ1) is 14.6. The molecule has 0 radical (unpaired) electrons. The molecule has 4 rings (SSSR count). The van der Waals surface area contributed by atoms with Crippen LogP contribution in [0.15, 0.2) is 48.8 Å². The maximum absolute atomic E-state index is 12.5. The summed E-state index contributed by atoms with van der Waals surface area (Å²) in [6, 6.07) is 11.0. The van der Waals surface area contributed by atoms with Gasteiger partial charge in [-0.15, -0.1) is 0 Å². The molecule has 1 amide bonds. The van der Waals surface area contributed by atoms with Gasteiger partial charge in [0.25, 0.3) is 5.91 Å². The molecule has 1 saturated heterocycles. The SMILES string of the molecule is COc1cccc(OCC(=O)N2CCN(c3cc(-n4cccn4)nc(C)n3)CC2)c1. The molecule has 30 heavy (non-hydrogen) atoms. The molecule has 0 spiro atoms. The van der Waals surface area contributed by atoms with Crippen molar-refractivity contribution in [3.05, 3.63) is 54.6 Å². The molecular weight excluding hydrogens is 384 g/mol. The normalized spacial score (nSPS) is 13.9. The molecule has 0 aliphatic carbocycles. The standard InChI is InChI=1S/C21H24N6O3/c1-16-23-19(14-20(24-16)27-8-4-7-22-27)25-9-11-26(12-10-25)21(28)15-30-18-6-3-5-17(13-18)29-2/h3-8,13-14H,9-12,15H2,1-2H3. The maximum Gasteiger partial charge on any atom is 0.260 e. The molecule has 3 aromatic rings. The van der Waals surface area contributed by atoms with Crippen LogP contribution in [0.3, 0.4) is 0 Å². The van der Waals surface area contributed by atoms with Gasteiger partial charge in [-0.2, -0.15) is 5.10 Å². The minimum Gasteiger partial charge on any atom is -0.497 e. The van der Waals surface area contributed by atoms with Crippen LogP contribution >= 0.6 is 0 Å². The summed E-state index contributed by atoms with van der Waals surface area (Å²) in [5, 5.41) is 4.24. The number of carbonyl (C=O) groups excluding carboxylic acids is 1. The van der Waals surface area contributed by atoms with Crippen molar-refractivity contribution >= 4 is 11.7 Å². The zero-order chi connectivity index (χ0) is 20.9. The summed E-state index contributed by atoms with van der Waals surface area (Å²) in [5.41, 5.74) is 0. The van der Waals surface area contributed by atoms with Gasteiger partial charge in [-0.25, -0.2) is 14.6 Å². The van der Waals surface area contributed by atoms with Crippen LogP contribution in [0.4, 0.5) is 5.82 Å². The monoisotopic (exact) mass is 408 g/mol. The summed E-state index contributed by atoms with van der Waals surface area (Å²) in [7, 11) is 1.60. The predicted octanol–water partition coefficient (Wildman–Crippen LogP) is 1.71. The van der Waals surface area contributed by atoms with Crippen molar-refractivity contribution < 1.29 is 14.3 Å². The summed E-state index contributed by atoms with van der Waals surface area (Å²) < 4.78 is 12.5. The Balaban J connectivity index is 1.34. The highest BCUT2D eigenvalue weighted by Crippen LogP contribution is 2.20. The van der Waals surface area contributed by atoms with Crippen LogP contribution < -0.4 is 14.4 Å². The molecule has 1 aliphatic heterocycles. The van der Waals surface area contributed by atoms with Crippen LogP contribution in [0.5, 0.6) is 11.5 Å². The predicted molar refractivity (Wildman–Crippen MR) is 111 cm³/mol. The van der Waals surface area contributed by atoms with Crippen molar-refractivity contribution in [3.8, 4) is 17.3 Å². The molecule has 156 valence electrons. The Hall–Kier alpha value is -3.62.